The van der Waals surface area contributed by atoms with Crippen LogP contribution >= 0.6 is 0 Å². The number of hydrogen-bond acceptors (Lipinski definition) is 5. The number of benzene rings is 1. The van der Waals surface area contributed by atoms with E-state index in [0.29, 0.717) is 17.2 Å². The van der Waals surface area contributed by atoms with Crippen LogP contribution in [0.25, 0.3) is 0 Å². The maximum absolute atomic E-state index is 12.2. The summed E-state index contributed by atoms with van der Waals surface area (Å²) in [4.78, 5) is 12.2. The van der Waals surface area contributed by atoms with Crippen LogP contribution in [0.4, 0.5) is 0 Å². The maximum Gasteiger partial charge on any atom is 0.330 e. The summed E-state index contributed by atoms with van der Waals surface area (Å²) >= 11 is 0. The van der Waals surface area contributed by atoms with Gasteiger partial charge in [-0.15, -0.1) is 0 Å². The molecule has 0 amide bonds. The van der Waals surface area contributed by atoms with Crippen molar-refractivity contribution < 1.29 is 19.4 Å². The first kappa shape index (κ1) is 14.7. The number of phenols is 1. The monoisotopic (exact) mass is 279 g/mol. The summed E-state index contributed by atoms with van der Waals surface area (Å²) in [6.45, 7) is 2.56. The van der Waals surface area contributed by atoms with Gasteiger partial charge in [0.15, 0.2) is 11.5 Å². The van der Waals surface area contributed by atoms with Gasteiger partial charge in [-0.05, 0) is 49.9 Å². The van der Waals surface area contributed by atoms with Crippen LogP contribution < -0.4 is 10.1 Å². The van der Waals surface area contributed by atoms with Crippen molar-refractivity contribution in [3.05, 3.63) is 23.8 Å². The molecule has 5 heteroatoms. The van der Waals surface area contributed by atoms with E-state index in [9.17, 15) is 9.90 Å². The first-order valence-corrected chi connectivity index (χ1v) is 6.72. The Morgan fingerprint density at radius 2 is 2.15 bits per heavy atom. The highest BCUT2D eigenvalue weighted by molar-refractivity contribution is 5.82. The standard InChI is InChI=1S/C15H21NO4/c1-15(14(18)20-3,16-9-10-4-5-10)11-6-7-12(17)13(8-11)19-2/h6-8,10,16-17H,4-5,9H2,1-3H3. The van der Waals surface area contributed by atoms with Gasteiger partial charge in [-0.2, -0.15) is 0 Å². The normalized spacial score (nSPS) is 17.4. The summed E-state index contributed by atoms with van der Waals surface area (Å²) in [6, 6.07) is 4.88. The van der Waals surface area contributed by atoms with E-state index in [4.69, 9.17) is 9.47 Å². The van der Waals surface area contributed by atoms with E-state index in [-0.39, 0.29) is 11.7 Å². The van der Waals surface area contributed by atoms with E-state index < -0.39 is 5.54 Å². The molecular formula is C15H21NO4. The molecule has 0 aliphatic heterocycles. The van der Waals surface area contributed by atoms with E-state index in [1.807, 2.05) is 0 Å². The van der Waals surface area contributed by atoms with E-state index in [1.54, 1.807) is 19.1 Å². The summed E-state index contributed by atoms with van der Waals surface area (Å²) in [5.74, 6) is 0.667. The predicted molar refractivity (Wildman–Crippen MR) is 74.8 cm³/mol. The summed E-state index contributed by atoms with van der Waals surface area (Å²) in [5, 5.41) is 12.9. The lowest BCUT2D eigenvalue weighted by atomic mass is 9.91. The third kappa shape index (κ3) is 2.88. The molecule has 0 radical (unpaired) electrons. The van der Waals surface area contributed by atoms with Crippen molar-refractivity contribution in [1.82, 2.24) is 5.32 Å². The number of esters is 1. The Balaban J connectivity index is 2.30. The Labute approximate surface area is 118 Å². The minimum absolute atomic E-state index is 0.0469. The quantitative estimate of drug-likeness (QED) is 0.777. The molecule has 2 rings (SSSR count). The van der Waals surface area contributed by atoms with Crippen molar-refractivity contribution in [2.24, 2.45) is 5.92 Å². The van der Waals surface area contributed by atoms with Crippen LogP contribution in [0.2, 0.25) is 0 Å². The Kier molecular flexibility index (Phi) is 4.18. The number of rotatable bonds is 6. The van der Waals surface area contributed by atoms with Crippen molar-refractivity contribution in [2.45, 2.75) is 25.3 Å². The van der Waals surface area contributed by atoms with Crippen LogP contribution in [0, 0.1) is 5.92 Å². The van der Waals surface area contributed by atoms with Gasteiger partial charge in [-0.1, -0.05) is 6.07 Å². The lowest BCUT2D eigenvalue weighted by molar-refractivity contribution is -0.148. The van der Waals surface area contributed by atoms with Crippen LogP contribution in [-0.4, -0.2) is 31.8 Å². The van der Waals surface area contributed by atoms with Crippen LogP contribution in [0.15, 0.2) is 18.2 Å². The van der Waals surface area contributed by atoms with Crippen molar-refractivity contribution in [2.75, 3.05) is 20.8 Å². The average Bonchev–Trinajstić information content (AvgIpc) is 3.28. The number of carbonyl (C=O) groups is 1. The largest absolute Gasteiger partial charge is 0.504 e. The van der Waals surface area contributed by atoms with Crippen molar-refractivity contribution >= 4 is 5.97 Å². The maximum atomic E-state index is 12.2. The topological polar surface area (TPSA) is 67.8 Å². The van der Waals surface area contributed by atoms with Gasteiger partial charge in [0.1, 0.15) is 5.54 Å². The fourth-order valence-corrected chi connectivity index (χ4v) is 2.16. The number of phenolic OH excluding ortho intramolecular Hbond substituents is 1. The number of aromatic hydroxyl groups is 1. The lowest BCUT2D eigenvalue weighted by Gasteiger charge is -2.29. The zero-order valence-corrected chi connectivity index (χ0v) is 12.1. The summed E-state index contributed by atoms with van der Waals surface area (Å²) in [5.41, 5.74) is -0.238. The number of ether oxygens (including phenoxy) is 2. The van der Waals surface area contributed by atoms with Gasteiger partial charge in [0.2, 0.25) is 0 Å². The first-order chi connectivity index (χ1) is 9.51. The Bertz CT molecular complexity index is 499. The second kappa shape index (κ2) is 5.71. The minimum Gasteiger partial charge on any atom is -0.504 e. The van der Waals surface area contributed by atoms with Crippen molar-refractivity contribution in [3.8, 4) is 11.5 Å². The van der Waals surface area contributed by atoms with Crippen LogP contribution in [-0.2, 0) is 15.1 Å². The highest BCUT2D eigenvalue weighted by Gasteiger charge is 2.38. The summed E-state index contributed by atoms with van der Waals surface area (Å²) in [6.07, 6.45) is 2.40. The Morgan fingerprint density at radius 1 is 1.45 bits per heavy atom. The Morgan fingerprint density at radius 3 is 2.70 bits per heavy atom. The third-order valence-electron chi connectivity index (χ3n) is 3.79. The third-order valence-corrected chi connectivity index (χ3v) is 3.79. The first-order valence-electron chi connectivity index (χ1n) is 6.72. The number of methoxy groups -OCH3 is 2. The van der Waals surface area contributed by atoms with Gasteiger partial charge in [0.25, 0.3) is 0 Å². The molecule has 0 bridgehead atoms. The molecule has 1 aliphatic carbocycles. The molecule has 1 aromatic rings. The van der Waals surface area contributed by atoms with Gasteiger partial charge in [-0.25, -0.2) is 4.79 Å². The zero-order valence-electron chi connectivity index (χ0n) is 12.1. The van der Waals surface area contributed by atoms with Crippen molar-refractivity contribution in [3.63, 3.8) is 0 Å². The van der Waals surface area contributed by atoms with Gasteiger partial charge in [0, 0.05) is 0 Å². The summed E-state index contributed by atoms with van der Waals surface area (Å²) in [7, 11) is 2.85. The number of hydrogen-bond donors (Lipinski definition) is 2. The highest BCUT2D eigenvalue weighted by Crippen LogP contribution is 2.34. The van der Waals surface area contributed by atoms with E-state index in [1.165, 1.54) is 33.1 Å². The highest BCUT2D eigenvalue weighted by atomic mass is 16.5. The molecule has 1 unspecified atom stereocenters. The molecule has 20 heavy (non-hydrogen) atoms. The van der Waals surface area contributed by atoms with Crippen LogP contribution in [0.3, 0.4) is 0 Å². The van der Waals surface area contributed by atoms with Gasteiger partial charge >= 0.3 is 5.97 Å². The molecule has 110 valence electrons. The molecule has 0 spiro atoms. The molecule has 0 aromatic heterocycles. The van der Waals surface area contributed by atoms with Gasteiger partial charge in [-0.3, -0.25) is 5.32 Å². The van der Waals surface area contributed by atoms with E-state index >= 15 is 0 Å². The lowest BCUT2D eigenvalue weighted by Crippen LogP contribution is -2.48. The predicted octanol–water partition coefficient (Wildman–Crippen LogP) is 1.79. The zero-order chi connectivity index (χ0) is 14.8. The molecule has 5 nitrogen and oxygen atoms in total. The molecule has 1 saturated carbocycles. The second-order valence-electron chi connectivity index (χ2n) is 5.33. The molecule has 0 saturated heterocycles. The number of carbonyl (C=O) groups excluding carboxylic acids is 1. The second-order valence-corrected chi connectivity index (χ2v) is 5.33. The average molecular weight is 279 g/mol. The number of nitrogens with one attached hydrogen (secondary N) is 1. The minimum atomic E-state index is -0.946. The van der Waals surface area contributed by atoms with E-state index in [2.05, 4.69) is 5.32 Å². The van der Waals surface area contributed by atoms with Gasteiger partial charge in [0.05, 0.1) is 14.2 Å². The smallest absolute Gasteiger partial charge is 0.330 e. The molecule has 1 aliphatic rings. The Hall–Kier alpha value is -1.75. The molecule has 0 heterocycles. The van der Waals surface area contributed by atoms with Crippen LogP contribution in [0.5, 0.6) is 11.5 Å². The molecule has 2 N–H and O–H groups in total. The fraction of sp³-hybridized carbons (Fsp3) is 0.533. The van der Waals surface area contributed by atoms with E-state index in [0.717, 1.165) is 6.54 Å². The SMILES string of the molecule is COC(=O)C(C)(NCC1CC1)c1ccc(O)c(OC)c1. The summed E-state index contributed by atoms with van der Waals surface area (Å²) < 4.78 is 10.0. The fourth-order valence-electron chi connectivity index (χ4n) is 2.16. The molecular weight excluding hydrogens is 258 g/mol. The van der Waals surface area contributed by atoms with Gasteiger partial charge < -0.3 is 14.6 Å². The molecule has 1 aromatic carbocycles. The molecule has 1 atom stereocenters. The van der Waals surface area contributed by atoms with Crippen molar-refractivity contribution in [1.29, 1.82) is 0 Å². The molecule has 1 fully saturated rings. The van der Waals surface area contributed by atoms with Crippen LogP contribution in [0.1, 0.15) is 25.3 Å².